The Balaban J connectivity index is 1.65. The molecule has 0 N–H and O–H groups in total. The quantitative estimate of drug-likeness (QED) is 0.327. The topological polar surface area (TPSA) is 60.9 Å². The van der Waals surface area contributed by atoms with Crippen LogP contribution in [0, 0.1) is 19.3 Å². The summed E-state index contributed by atoms with van der Waals surface area (Å²) in [6.45, 7) is 2.33. The molecule has 4 aromatic rings. The minimum Gasteiger partial charge on any atom is -0.268 e. The lowest BCUT2D eigenvalue weighted by molar-refractivity contribution is -0.0520. The molecule has 0 spiro atoms. The number of sulfonamides is 1. The molecule has 0 bridgehead atoms. The van der Waals surface area contributed by atoms with E-state index >= 15 is 0 Å². The predicted molar refractivity (Wildman–Crippen MR) is 151 cm³/mol. The van der Waals surface area contributed by atoms with Gasteiger partial charge in [0.25, 0.3) is 15.9 Å². The third-order valence-electron chi connectivity index (χ3n) is 7.40. The zero-order valence-electron chi connectivity index (χ0n) is 21.4. The van der Waals surface area contributed by atoms with Crippen LogP contribution in [-0.2, 0) is 16.4 Å². The van der Waals surface area contributed by atoms with Crippen molar-refractivity contribution in [2.45, 2.75) is 30.4 Å². The number of nitrogens with zero attached hydrogens (tertiary/aromatic N) is 3. The molecule has 2 aliphatic heterocycles. The van der Waals surface area contributed by atoms with Crippen LogP contribution in [0.4, 0.5) is 5.69 Å². The number of amides is 1. The van der Waals surface area contributed by atoms with Gasteiger partial charge in [-0.3, -0.25) is 4.79 Å². The molecule has 194 valence electrons. The highest BCUT2D eigenvalue weighted by Gasteiger charge is 2.48. The molecular formula is C32H27N3O3S. The zero-order valence-corrected chi connectivity index (χ0v) is 22.3. The van der Waals surface area contributed by atoms with Crippen molar-refractivity contribution in [3.05, 3.63) is 131 Å². The van der Waals surface area contributed by atoms with Crippen molar-refractivity contribution < 1.29 is 13.2 Å². The van der Waals surface area contributed by atoms with E-state index < -0.39 is 22.2 Å². The molecule has 2 aliphatic rings. The van der Waals surface area contributed by atoms with E-state index in [0.29, 0.717) is 29.8 Å². The first-order valence-corrected chi connectivity index (χ1v) is 14.2. The molecule has 0 saturated carbocycles. The summed E-state index contributed by atoms with van der Waals surface area (Å²) in [6.07, 6.45) is 5.96. The van der Waals surface area contributed by atoms with Gasteiger partial charge < -0.3 is 0 Å². The van der Waals surface area contributed by atoms with Crippen LogP contribution in [0.3, 0.4) is 0 Å². The summed E-state index contributed by atoms with van der Waals surface area (Å²) in [5.41, 5.74) is 4.32. The minimum atomic E-state index is -4.09. The molecule has 6 nitrogen and oxygen atoms in total. The smallest absolute Gasteiger partial charge is 0.268 e. The number of hydrogen-bond donors (Lipinski definition) is 0. The van der Waals surface area contributed by atoms with Crippen LogP contribution < -0.4 is 4.31 Å². The van der Waals surface area contributed by atoms with E-state index in [1.807, 2.05) is 54.4 Å². The van der Waals surface area contributed by atoms with Gasteiger partial charge in [-0.2, -0.15) is 5.01 Å². The lowest BCUT2D eigenvalue weighted by Gasteiger charge is -2.46. The van der Waals surface area contributed by atoms with Crippen LogP contribution in [-0.4, -0.2) is 30.9 Å². The predicted octanol–water partition coefficient (Wildman–Crippen LogP) is 5.49. The van der Waals surface area contributed by atoms with Gasteiger partial charge in [0, 0.05) is 17.7 Å². The van der Waals surface area contributed by atoms with E-state index in [4.69, 9.17) is 6.42 Å². The fourth-order valence-electron chi connectivity index (χ4n) is 5.53. The van der Waals surface area contributed by atoms with Crippen molar-refractivity contribution >= 4 is 21.6 Å². The second-order valence-corrected chi connectivity index (χ2v) is 11.6. The van der Waals surface area contributed by atoms with Gasteiger partial charge in [0.1, 0.15) is 12.2 Å². The summed E-state index contributed by atoms with van der Waals surface area (Å²) >= 11 is 0. The first-order chi connectivity index (χ1) is 18.9. The van der Waals surface area contributed by atoms with Crippen LogP contribution in [0.25, 0.3) is 0 Å². The van der Waals surface area contributed by atoms with Crippen LogP contribution in [0.5, 0.6) is 0 Å². The highest BCUT2D eigenvalue weighted by atomic mass is 32.2. The molecular weight excluding hydrogens is 506 g/mol. The maximum atomic E-state index is 14.6. The molecule has 0 unspecified atom stereocenters. The normalized spacial score (nSPS) is 18.8. The summed E-state index contributed by atoms with van der Waals surface area (Å²) in [7, 11) is -4.09. The number of anilines is 1. The molecule has 1 amide bonds. The maximum Gasteiger partial charge on any atom is 0.269 e. The Morgan fingerprint density at radius 2 is 1.49 bits per heavy atom. The van der Waals surface area contributed by atoms with Gasteiger partial charge in [0.05, 0.1) is 10.6 Å². The summed E-state index contributed by atoms with van der Waals surface area (Å²) in [4.78, 5) is 14.4. The number of terminal acetylenes is 1. The fourth-order valence-corrected chi connectivity index (χ4v) is 7.15. The van der Waals surface area contributed by atoms with E-state index in [0.717, 1.165) is 16.7 Å². The van der Waals surface area contributed by atoms with Crippen molar-refractivity contribution in [3.8, 4) is 12.3 Å². The van der Waals surface area contributed by atoms with Gasteiger partial charge in [0.2, 0.25) is 0 Å². The van der Waals surface area contributed by atoms with Crippen molar-refractivity contribution in [1.29, 1.82) is 0 Å². The van der Waals surface area contributed by atoms with E-state index in [2.05, 4.69) is 5.92 Å². The Morgan fingerprint density at radius 1 is 0.846 bits per heavy atom. The Bertz CT molecular complexity index is 1690. The Morgan fingerprint density at radius 3 is 2.21 bits per heavy atom. The third kappa shape index (κ3) is 4.09. The molecule has 39 heavy (non-hydrogen) atoms. The van der Waals surface area contributed by atoms with Crippen molar-refractivity contribution in [2.24, 2.45) is 0 Å². The van der Waals surface area contributed by atoms with Gasteiger partial charge in [-0.15, -0.1) is 6.42 Å². The molecule has 2 atom stereocenters. The number of carbonyl (C=O) groups is 1. The SMILES string of the molecule is C#C[C@@H]1c2ccccc2N(S(=O)(=O)c2ccc(C)cc2)[C@@H]2c3ccccc3CCN2N1C(=O)c1ccccc1. The molecule has 0 saturated heterocycles. The first-order valence-electron chi connectivity index (χ1n) is 12.8. The fraction of sp³-hybridized carbons (Fsp3) is 0.156. The largest absolute Gasteiger partial charge is 0.269 e. The average molecular weight is 534 g/mol. The van der Waals surface area contributed by atoms with Crippen molar-refractivity contribution in [3.63, 3.8) is 0 Å². The van der Waals surface area contributed by atoms with Crippen LogP contribution in [0.1, 0.15) is 44.8 Å². The highest BCUT2D eigenvalue weighted by Crippen LogP contribution is 2.47. The van der Waals surface area contributed by atoms with E-state index in [9.17, 15) is 13.2 Å². The molecule has 0 aromatic heterocycles. The molecule has 2 heterocycles. The van der Waals surface area contributed by atoms with Gasteiger partial charge >= 0.3 is 0 Å². The van der Waals surface area contributed by atoms with Crippen LogP contribution in [0.2, 0.25) is 0 Å². The monoisotopic (exact) mass is 533 g/mol. The number of hydrogen-bond acceptors (Lipinski definition) is 4. The molecule has 7 heteroatoms. The Hall–Kier alpha value is -4.38. The number of para-hydroxylation sites is 1. The van der Waals surface area contributed by atoms with E-state index in [1.165, 1.54) is 4.31 Å². The molecule has 0 radical (unpaired) electrons. The maximum absolute atomic E-state index is 14.6. The number of benzene rings is 4. The van der Waals surface area contributed by atoms with Crippen LogP contribution in [0.15, 0.2) is 108 Å². The molecule has 0 fully saturated rings. The summed E-state index contributed by atoms with van der Waals surface area (Å²) in [5.74, 6) is 2.53. The second-order valence-electron chi connectivity index (χ2n) is 9.74. The summed E-state index contributed by atoms with van der Waals surface area (Å²) in [6, 6.07) is 30.0. The number of hydrazine groups is 1. The second kappa shape index (κ2) is 9.73. The summed E-state index contributed by atoms with van der Waals surface area (Å²) in [5, 5.41) is 3.42. The van der Waals surface area contributed by atoms with Crippen molar-refractivity contribution in [2.75, 3.05) is 10.8 Å². The first kappa shape index (κ1) is 24.9. The van der Waals surface area contributed by atoms with E-state index in [1.54, 1.807) is 65.7 Å². The number of fused-ring (bicyclic) bond motifs is 4. The number of rotatable bonds is 3. The minimum absolute atomic E-state index is 0.172. The lowest BCUT2D eigenvalue weighted by Crippen LogP contribution is -2.55. The highest BCUT2D eigenvalue weighted by molar-refractivity contribution is 7.92. The number of carbonyl (C=O) groups excluding carboxylic acids is 1. The summed E-state index contributed by atoms with van der Waals surface area (Å²) < 4.78 is 30.6. The molecule has 4 aromatic carbocycles. The van der Waals surface area contributed by atoms with Crippen molar-refractivity contribution in [1.82, 2.24) is 10.0 Å². The van der Waals surface area contributed by atoms with Gasteiger partial charge in [-0.25, -0.2) is 17.7 Å². The van der Waals surface area contributed by atoms with E-state index in [-0.39, 0.29) is 10.8 Å². The third-order valence-corrected chi connectivity index (χ3v) is 9.18. The Labute approximate surface area is 229 Å². The van der Waals surface area contributed by atoms with Gasteiger partial charge in [-0.1, -0.05) is 84.3 Å². The Kier molecular flexibility index (Phi) is 6.22. The molecule has 0 aliphatic carbocycles. The molecule has 6 rings (SSSR count). The standard InChI is InChI=1S/C32H27N3O3S/c1-3-29-28-15-9-10-16-30(28)35(39(37,38)26-19-17-23(2)18-20-26)31-27-14-8-7-11-24(27)21-22-33(31)34(29)32(36)25-12-5-4-6-13-25/h1,4-20,29,31H,21-22H2,2H3/t29-,31-/m1/s1. The van der Waals surface area contributed by atoms with Gasteiger partial charge in [0.15, 0.2) is 0 Å². The number of aryl methyl sites for hydroxylation is 1. The average Bonchev–Trinajstić information content (AvgIpc) is 3.10. The lowest BCUT2D eigenvalue weighted by atomic mass is 9.97. The van der Waals surface area contributed by atoms with Gasteiger partial charge in [-0.05, 0) is 54.8 Å². The zero-order chi connectivity index (χ0) is 27.1. The van der Waals surface area contributed by atoms with Crippen LogP contribution >= 0.6 is 0 Å².